The molecule has 1 amide bonds. The second-order valence-electron chi connectivity index (χ2n) is 6.63. The zero-order valence-corrected chi connectivity index (χ0v) is 15.5. The third-order valence-electron chi connectivity index (χ3n) is 4.64. The Kier molecular flexibility index (Phi) is 4.88. The molecule has 1 aromatic carbocycles. The van der Waals surface area contributed by atoms with E-state index in [1.165, 1.54) is 24.5 Å². The number of benzene rings is 1. The Morgan fingerprint density at radius 3 is 2.71 bits per heavy atom. The smallest absolute Gasteiger partial charge is 0.488 e. The SMILES string of the molecule is O=C(NC1(c2ccc(OC(F)(F)F)c(F)c2)COc2cccnc21)c1ccc(=O)[nH]c1. The van der Waals surface area contributed by atoms with Gasteiger partial charge in [-0.2, -0.15) is 0 Å². The average Bonchev–Trinajstić information content (AvgIpc) is 3.09. The van der Waals surface area contributed by atoms with Crippen molar-refractivity contribution < 1.29 is 31.8 Å². The number of fused-ring (bicyclic) bond motifs is 1. The van der Waals surface area contributed by atoms with Crippen LogP contribution in [0.15, 0.2) is 59.7 Å². The highest BCUT2D eigenvalue weighted by atomic mass is 19.4. The summed E-state index contributed by atoms with van der Waals surface area (Å²) in [5, 5.41) is 2.72. The minimum absolute atomic E-state index is 0.0924. The Balaban J connectivity index is 1.78. The zero-order valence-electron chi connectivity index (χ0n) is 15.5. The van der Waals surface area contributed by atoms with Gasteiger partial charge in [-0.05, 0) is 35.9 Å². The second-order valence-corrected chi connectivity index (χ2v) is 6.63. The lowest BCUT2D eigenvalue weighted by Crippen LogP contribution is -2.48. The number of nitrogens with one attached hydrogen (secondary N) is 2. The van der Waals surface area contributed by atoms with Gasteiger partial charge >= 0.3 is 6.36 Å². The number of H-pyrrole nitrogens is 1. The van der Waals surface area contributed by atoms with Gasteiger partial charge in [-0.3, -0.25) is 14.6 Å². The molecule has 4 rings (SSSR count). The highest BCUT2D eigenvalue weighted by Crippen LogP contribution is 2.41. The fourth-order valence-electron chi connectivity index (χ4n) is 3.26. The van der Waals surface area contributed by atoms with E-state index in [0.29, 0.717) is 5.75 Å². The van der Waals surface area contributed by atoms with Gasteiger partial charge in [0.15, 0.2) is 11.6 Å². The summed E-state index contributed by atoms with van der Waals surface area (Å²) < 4.78 is 61.2. The summed E-state index contributed by atoms with van der Waals surface area (Å²) in [5.74, 6) is -2.62. The first-order chi connectivity index (χ1) is 14.7. The van der Waals surface area contributed by atoms with Crippen molar-refractivity contribution in [1.82, 2.24) is 15.3 Å². The lowest BCUT2D eigenvalue weighted by atomic mass is 9.87. The van der Waals surface area contributed by atoms with Crippen molar-refractivity contribution in [3.63, 3.8) is 0 Å². The minimum Gasteiger partial charge on any atom is -0.488 e. The van der Waals surface area contributed by atoms with Crippen LogP contribution in [0.4, 0.5) is 17.6 Å². The Bertz CT molecular complexity index is 1190. The standard InChI is InChI=1S/C20H13F4N3O4/c21-13-8-12(4-5-14(13)31-20(22,23)24)19(10-30-15-2-1-7-25-17(15)19)27-18(29)11-3-6-16(28)26-9-11/h1-9H,10H2,(H,26,28)(H,27,29). The fourth-order valence-corrected chi connectivity index (χ4v) is 3.26. The van der Waals surface area contributed by atoms with Crippen molar-refractivity contribution >= 4 is 5.91 Å². The number of amides is 1. The first kappa shape index (κ1) is 20.4. The van der Waals surface area contributed by atoms with Crippen LogP contribution in [0.2, 0.25) is 0 Å². The van der Waals surface area contributed by atoms with Gasteiger partial charge in [0, 0.05) is 18.5 Å². The number of aromatic nitrogens is 2. The number of nitrogens with zero attached hydrogens (tertiary/aromatic N) is 1. The Labute approximate surface area is 171 Å². The van der Waals surface area contributed by atoms with Gasteiger partial charge in [0.05, 0.1) is 5.56 Å². The molecule has 0 spiro atoms. The highest BCUT2D eigenvalue weighted by molar-refractivity contribution is 5.95. The van der Waals surface area contributed by atoms with Crippen molar-refractivity contribution in [3.05, 3.63) is 87.9 Å². The number of carbonyl (C=O) groups excluding carboxylic acids is 1. The number of rotatable bonds is 4. The molecule has 0 radical (unpaired) electrons. The van der Waals surface area contributed by atoms with Crippen LogP contribution in [0, 0.1) is 5.82 Å². The Hall–Kier alpha value is -3.89. The first-order valence-electron chi connectivity index (χ1n) is 8.83. The summed E-state index contributed by atoms with van der Waals surface area (Å²) in [4.78, 5) is 30.7. The lowest BCUT2D eigenvalue weighted by Gasteiger charge is -2.29. The quantitative estimate of drug-likeness (QED) is 0.615. The van der Waals surface area contributed by atoms with E-state index in [4.69, 9.17) is 4.74 Å². The van der Waals surface area contributed by atoms with Crippen LogP contribution in [0.3, 0.4) is 0 Å². The highest BCUT2D eigenvalue weighted by Gasteiger charge is 2.46. The van der Waals surface area contributed by atoms with Crippen LogP contribution in [0.1, 0.15) is 21.6 Å². The Morgan fingerprint density at radius 2 is 2.03 bits per heavy atom. The lowest BCUT2D eigenvalue weighted by molar-refractivity contribution is -0.275. The number of aromatic amines is 1. The third kappa shape index (κ3) is 3.93. The summed E-state index contributed by atoms with van der Waals surface area (Å²) in [7, 11) is 0. The molecule has 0 bridgehead atoms. The van der Waals surface area contributed by atoms with Crippen LogP contribution < -0.4 is 20.3 Å². The molecule has 2 N–H and O–H groups in total. The van der Waals surface area contributed by atoms with Crippen molar-refractivity contribution in [2.45, 2.75) is 11.9 Å². The van der Waals surface area contributed by atoms with E-state index in [1.807, 2.05) is 0 Å². The predicted molar refractivity (Wildman–Crippen MR) is 98.1 cm³/mol. The molecule has 31 heavy (non-hydrogen) atoms. The molecule has 1 unspecified atom stereocenters. The van der Waals surface area contributed by atoms with Crippen LogP contribution >= 0.6 is 0 Å². The van der Waals surface area contributed by atoms with Crippen LogP contribution in [0.25, 0.3) is 0 Å². The molecule has 11 heteroatoms. The number of hydrogen-bond acceptors (Lipinski definition) is 5. The normalized spacial score (nSPS) is 17.5. The molecule has 1 aliphatic rings. The molecule has 0 fully saturated rings. The van der Waals surface area contributed by atoms with Crippen molar-refractivity contribution in [2.75, 3.05) is 6.61 Å². The monoisotopic (exact) mass is 435 g/mol. The number of hydrogen-bond donors (Lipinski definition) is 2. The summed E-state index contributed by atoms with van der Waals surface area (Å²) in [5.41, 5.74) is -1.47. The topological polar surface area (TPSA) is 93.3 Å². The zero-order chi connectivity index (χ0) is 22.2. The molecule has 7 nitrogen and oxygen atoms in total. The van der Waals surface area contributed by atoms with Gasteiger partial charge in [0.25, 0.3) is 5.91 Å². The van der Waals surface area contributed by atoms with Crippen molar-refractivity contribution in [1.29, 1.82) is 0 Å². The van der Waals surface area contributed by atoms with Gasteiger partial charge in [-0.25, -0.2) is 4.39 Å². The molecule has 160 valence electrons. The van der Waals surface area contributed by atoms with Crippen LogP contribution in [-0.4, -0.2) is 28.8 Å². The number of pyridine rings is 2. The largest absolute Gasteiger partial charge is 0.573 e. The molecule has 0 saturated heterocycles. The summed E-state index contributed by atoms with van der Waals surface area (Å²) in [6.07, 6.45) is -2.43. The maximum Gasteiger partial charge on any atom is 0.573 e. The number of halogens is 4. The maximum atomic E-state index is 14.4. The van der Waals surface area contributed by atoms with E-state index in [-0.39, 0.29) is 23.4 Å². The molecule has 1 atom stereocenters. The van der Waals surface area contributed by atoms with E-state index in [9.17, 15) is 27.2 Å². The van der Waals surface area contributed by atoms with Gasteiger partial charge in [0.1, 0.15) is 23.6 Å². The summed E-state index contributed by atoms with van der Waals surface area (Å²) >= 11 is 0. The van der Waals surface area contributed by atoms with E-state index in [1.54, 1.807) is 12.1 Å². The fraction of sp³-hybridized carbons (Fsp3) is 0.150. The van der Waals surface area contributed by atoms with Gasteiger partial charge < -0.3 is 19.8 Å². The molecule has 1 aliphatic heterocycles. The molecule has 3 heterocycles. The van der Waals surface area contributed by atoms with Gasteiger partial charge in [-0.15, -0.1) is 13.2 Å². The van der Waals surface area contributed by atoms with Gasteiger partial charge in [0.2, 0.25) is 5.56 Å². The minimum atomic E-state index is -5.07. The first-order valence-corrected chi connectivity index (χ1v) is 8.83. The van der Waals surface area contributed by atoms with Crippen LogP contribution in [0.5, 0.6) is 11.5 Å². The van der Waals surface area contributed by atoms with E-state index < -0.39 is 34.9 Å². The van der Waals surface area contributed by atoms with E-state index >= 15 is 0 Å². The maximum absolute atomic E-state index is 14.4. The van der Waals surface area contributed by atoms with E-state index in [0.717, 1.165) is 18.2 Å². The third-order valence-corrected chi connectivity index (χ3v) is 4.64. The molecular weight excluding hydrogens is 422 g/mol. The second kappa shape index (κ2) is 7.42. The average molecular weight is 435 g/mol. The molecule has 0 saturated carbocycles. The summed E-state index contributed by atoms with van der Waals surface area (Å²) in [6, 6.07) is 8.45. The predicted octanol–water partition coefficient (Wildman–Crippen LogP) is 2.87. The van der Waals surface area contributed by atoms with Crippen molar-refractivity contribution in [3.8, 4) is 11.5 Å². The molecule has 2 aromatic heterocycles. The number of alkyl halides is 3. The Morgan fingerprint density at radius 1 is 1.23 bits per heavy atom. The van der Waals surface area contributed by atoms with Crippen molar-refractivity contribution in [2.24, 2.45) is 0 Å². The number of ether oxygens (including phenoxy) is 2. The van der Waals surface area contributed by atoms with Crippen LogP contribution in [-0.2, 0) is 5.54 Å². The molecule has 0 aliphatic carbocycles. The summed E-state index contributed by atoms with van der Waals surface area (Å²) in [6.45, 7) is -0.187. The van der Waals surface area contributed by atoms with Gasteiger partial charge in [-0.1, -0.05) is 6.07 Å². The molecular formula is C20H13F4N3O4. The molecule has 3 aromatic rings. The number of carbonyl (C=O) groups is 1. The van der Waals surface area contributed by atoms with E-state index in [2.05, 4.69) is 20.0 Å².